The molecule has 0 saturated carbocycles. The molecular formula is C34H43N7O3. The fraction of sp³-hybridized carbons (Fsp3) is 0.441. The zero-order valence-electron chi connectivity index (χ0n) is 25.9. The van der Waals surface area contributed by atoms with Gasteiger partial charge in [0.15, 0.2) is 0 Å². The Morgan fingerprint density at radius 3 is 2.20 bits per heavy atom. The predicted octanol–water partition coefficient (Wildman–Crippen LogP) is 5.70. The third-order valence-electron chi connectivity index (χ3n) is 8.65. The lowest BCUT2D eigenvalue weighted by molar-refractivity contribution is 0.0142. The molecule has 2 atom stereocenters. The van der Waals surface area contributed by atoms with Gasteiger partial charge in [-0.05, 0) is 76.6 Å². The average molecular weight is 598 g/mol. The van der Waals surface area contributed by atoms with Crippen LogP contribution in [0.2, 0.25) is 0 Å². The molecule has 2 aromatic heterocycles. The largest absolute Gasteiger partial charge is 0.444 e. The molecule has 4 N–H and O–H groups in total. The van der Waals surface area contributed by atoms with Crippen LogP contribution in [0.1, 0.15) is 68.8 Å². The maximum atomic E-state index is 13.3. The van der Waals surface area contributed by atoms with Crippen LogP contribution in [0.25, 0.3) is 11.4 Å². The van der Waals surface area contributed by atoms with E-state index in [4.69, 9.17) is 31.1 Å². The minimum atomic E-state index is -0.580. The van der Waals surface area contributed by atoms with E-state index < -0.39 is 5.60 Å². The van der Waals surface area contributed by atoms with Crippen molar-refractivity contribution in [2.45, 2.75) is 63.9 Å². The van der Waals surface area contributed by atoms with Crippen LogP contribution < -0.4 is 11.5 Å². The van der Waals surface area contributed by atoms with Crippen molar-refractivity contribution in [2.24, 2.45) is 5.92 Å². The molecule has 2 aliphatic heterocycles. The predicted molar refractivity (Wildman–Crippen MR) is 171 cm³/mol. The standard InChI is InChI=1S/C34H43N7O3/c1-34(2,3)44-33(42)39-17-14-27(29-21-30(35)40(37-29)25-10-6-4-7-11-25)24(22-39)20-28-31(23-15-18-43-19-16-23)38-41(32(28)36)26-12-8-5-9-13-26/h4-13,21,23-24,27H,14-20,22,35-36H2,1-3H3. The van der Waals surface area contributed by atoms with Gasteiger partial charge in [0.05, 0.1) is 22.8 Å². The number of aromatic nitrogens is 4. The van der Waals surface area contributed by atoms with Crippen molar-refractivity contribution in [1.29, 1.82) is 0 Å². The molecule has 4 heterocycles. The third kappa shape index (κ3) is 6.31. The number of nitrogens with two attached hydrogens (primary N) is 2. The van der Waals surface area contributed by atoms with Gasteiger partial charge in [0.25, 0.3) is 0 Å². The minimum absolute atomic E-state index is 0.0177. The van der Waals surface area contributed by atoms with Gasteiger partial charge in [-0.15, -0.1) is 0 Å². The molecule has 2 unspecified atom stereocenters. The van der Waals surface area contributed by atoms with Crippen LogP contribution in [0.4, 0.5) is 16.4 Å². The molecule has 10 nitrogen and oxygen atoms in total. The van der Waals surface area contributed by atoms with Crippen molar-refractivity contribution in [3.63, 3.8) is 0 Å². The molecule has 2 saturated heterocycles. The molecule has 2 aliphatic rings. The molecule has 0 spiro atoms. The number of hydrogen-bond donors (Lipinski definition) is 2. The number of carbonyl (C=O) groups is 1. The Hall–Kier alpha value is -4.31. The summed E-state index contributed by atoms with van der Waals surface area (Å²) in [5, 5.41) is 10.1. The van der Waals surface area contributed by atoms with E-state index in [1.54, 1.807) is 4.68 Å². The highest BCUT2D eigenvalue weighted by molar-refractivity contribution is 5.68. The van der Waals surface area contributed by atoms with Gasteiger partial charge in [0, 0.05) is 49.8 Å². The lowest BCUT2D eigenvalue weighted by Crippen LogP contribution is -2.46. The van der Waals surface area contributed by atoms with Crippen molar-refractivity contribution in [3.8, 4) is 11.4 Å². The number of piperidine rings is 1. The van der Waals surface area contributed by atoms with Gasteiger partial charge in [-0.25, -0.2) is 14.2 Å². The summed E-state index contributed by atoms with van der Waals surface area (Å²) >= 11 is 0. The normalized spacial score (nSPS) is 19.7. The lowest BCUT2D eigenvalue weighted by atomic mass is 9.78. The van der Waals surface area contributed by atoms with Gasteiger partial charge in [-0.1, -0.05) is 36.4 Å². The van der Waals surface area contributed by atoms with Crippen LogP contribution in [0, 0.1) is 5.92 Å². The SMILES string of the molecule is CC(C)(C)OC(=O)N1CCC(c2cc(N)n(-c3ccccc3)n2)C(Cc2c(C3CCOCC3)nn(-c3ccccc3)c2N)C1. The van der Waals surface area contributed by atoms with E-state index in [0.717, 1.165) is 47.6 Å². The van der Waals surface area contributed by atoms with Crippen molar-refractivity contribution >= 4 is 17.7 Å². The molecule has 0 radical (unpaired) electrons. The summed E-state index contributed by atoms with van der Waals surface area (Å²) in [6.45, 7) is 8.18. The second-order valence-corrected chi connectivity index (χ2v) is 12.9. The van der Waals surface area contributed by atoms with Crippen LogP contribution in [-0.4, -0.2) is 62.5 Å². The van der Waals surface area contributed by atoms with Gasteiger partial charge in [0.1, 0.15) is 17.2 Å². The molecule has 44 heavy (non-hydrogen) atoms. The molecule has 6 rings (SSSR count). The highest BCUT2D eigenvalue weighted by atomic mass is 16.6. The summed E-state index contributed by atoms with van der Waals surface area (Å²) < 4.78 is 15.1. The fourth-order valence-corrected chi connectivity index (χ4v) is 6.51. The maximum Gasteiger partial charge on any atom is 0.410 e. The quantitative estimate of drug-likeness (QED) is 0.292. The van der Waals surface area contributed by atoms with E-state index in [1.807, 2.05) is 97.1 Å². The Kier molecular flexibility index (Phi) is 8.35. The van der Waals surface area contributed by atoms with Gasteiger partial charge < -0.3 is 25.8 Å². The van der Waals surface area contributed by atoms with Crippen LogP contribution in [0.15, 0.2) is 66.7 Å². The first kappa shape index (κ1) is 29.7. The fourth-order valence-electron chi connectivity index (χ4n) is 6.51. The third-order valence-corrected chi connectivity index (χ3v) is 8.65. The monoisotopic (exact) mass is 597 g/mol. The van der Waals surface area contributed by atoms with Gasteiger partial charge in [0.2, 0.25) is 0 Å². The Morgan fingerprint density at radius 1 is 0.932 bits per heavy atom. The number of anilines is 2. The van der Waals surface area contributed by atoms with Crippen LogP contribution in [0.5, 0.6) is 0 Å². The lowest BCUT2D eigenvalue weighted by Gasteiger charge is -2.38. The Morgan fingerprint density at radius 2 is 1.57 bits per heavy atom. The molecule has 0 bridgehead atoms. The molecule has 2 aromatic carbocycles. The highest BCUT2D eigenvalue weighted by Gasteiger charge is 2.38. The topological polar surface area (TPSA) is 126 Å². The smallest absolute Gasteiger partial charge is 0.410 e. The number of carbonyl (C=O) groups excluding carboxylic acids is 1. The molecule has 0 aliphatic carbocycles. The molecule has 4 aromatic rings. The number of likely N-dealkylation sites (tertiary alicyclic amines) is 1. The van der Waals surface area contributed by atoms with Crippen LogP contribution in [0.3, 0.4) is 0 Å². The van der Waals surface area contributed by atoms with E-state index in [2.05, 4.69) is 0 Å². The number of benzene rings is 2. The zero-order valence-corrected chi connectivity index (χ0v) is 25.9. The van der Waals surface area contributed by atoms with Gasteiger partial charge in [-0.3, -0.25) is 0 Å². The number of ether oxygens (including phenoxy) is 2. The van der Waals surface area contributed by atoms with E-state index in [1.165, 1.54) is 0 Å². The summed E-state index contributed by atoms with van der Waals surface area (Å²) in [5.74, 6) is 1.55. The van der Waals surface area contributed by atoms with Crippen LogP contribution in [-0.2, 0) is 15.9 Å². The number of hydrogen-bond acceptors (Lipinski definition) is 7. The summed E-state index contributed by atoms with van der Waals surface area (Å²) in [6, 6.07) is 21.9. The summed E-state index contributed by atoms with van der Waals surface area (Å²) in [7, 11) is 0. The summed E-state index contributed by atoms with van der Waals surface area (Å²) in [4.78, 5) is 15.1. The van der Waals surface area contributed by atoms with Crippen LogP contribution >= 0.6 is 0 Å². The summed E-state index contributed by atoms with van der Waals surface area (Å²) in [5.41, 5.74) is 17.7. The molecule has 1 amide bonds. The zero-order chi connectivity index (χ0) is 30.8. The number of rotatable bonds is 6. The van der Waals surface area contributed by atoms with Crippen molar-refractivity contribution in [2.75, 3.05) is 37.8 Å². The molecular weight excluding hydrogens is 554 g/mol. The molecule has 232 valence electrons. The maximum absolute atomic E-state index is 13.3. The second-order valence-electron chi connectivity index (χ2n) is 12.9. The van der Waals surface area contributed by atoms with E-state index in [-0.39, 0.29) is 23.8 Å². The Bertz CT molecular complexity index is 1570. The molecule has 10 heteroatoms. The van der Waals surface area contributed by atoms with Crippen molar-refractivity contribution < 1.29 is 14.3 Å². The van der Waals surface area contributed by atoms with Gasteiger partial charge >= 0.3 is 6.09 Å². The van der Waals surface area contributed by atoms with E-state index >= 15 is 0 Å². The first-order valence-corrected chi connectivity index (χ1v) is 15.6. The van der Waals surface area contributed by atoms with Crippen molar-refractivity contribution in [1.82, 2.24) is 24.5 Å². The van der Waals surface area contributed by atoms with Crippen molar-refractivity contribution in [3.05, 3.63) is 83.7 Å². The number of amides is 1. The second kappa shape index (κ2) is 12.4. The summed E-state index contributed by atoms with van der Waals surface area (Å²) in [6.07, 6.45) is 2.87. The number of nitrogen functional groups attached to an aromatic ring is 2. The first-order valence-electron chi connectivity index (χ1n) is 15.6. The minimum Gasteiger partial charge on any atom is -0.444 e. The Labute approximate surface area is 258 Å². The van der Waals surface area contributed by atoms with Gasteiger partial charge in [-0.2, -0.15) is 10.2 Å². The number of nitrogens with zero attached hydrogens (tertiary/aromatic N) is 5. The van der Waals surface area contributed by atoms with E-state index in [0.29, 0.717) is 44.4 Å². The highest BCUT2D eigenvalue weighted by Crippen LogP contribution is 2.40. The Balaban J connectivity index is 1.38. The number of para-hydroxylation sites is 2. The van der Waals surface area contributed by atoms with E-state index in [9.17, 15) is 4.79 Å². The first-order chi connectivity index (χ1) is 21.2. The molecule has 2 fully saturated rings. The average Bonchev–Trinajstić information content (AvgIpc) is 3.57.